The molecule has 1 aliphatic heterocycles. The van der Waals surface area contributed by atoms with Crippen LogP contribution in [0.25, 0.3) is 0 Å². The van der Waals surface area contributed by atoms with Crippen molar-refractivity contribution in [1.29, 1.82) is 0 Å². The number of piperidine rings is 1. The molecule has 0 aliphatic carbocycles. The zero-order chi connectivity index (χ0) is 13.8. The summed E-state index contributed by atoms with van der Waals surface area (Å²) < 4.78 is 0. The molecule has 1 atom stereocenters. The summed E-state index contributed by atoms with van der Waals surface area (Å²) in [4.78, 5) is 11.8. The molecule has 0 spiro atoms. The second kappa shape index (κ2) is 6.05. The van der Waals surface area contributed by atoms with E-state index in [1.165, 1.54) is 12.8 Å². The fraction of sp³-hybridized carbons (Fsp3) is 0.933. The highest BCUT2D eigenvalue weighted by molar-refractivity contribution is 5.75. The van der Waals surface area contributed by atoms with Crippen LogP contribution >= 0.6 is 0 Å². The van der Waals surface area contributed by atoms with Crippen LogP contribution in [0.5, 0.6) is 0 Å². The van der Waals surface area contributed by atoms with E-state index in [0.717, 1.165) is 19.5 Å². The van der Waals surface area contributed by atoms with Gasteiger partial charge in [0.2, 0.25) is 5.91 Å². The average Bonchev–Trinajstić information content (AvgIpc) is 2.23. The average molecular weight is 254 g/mol. The number of carbonyl (C=O) groups is 1. The maximum Gasteiger partial charge on any atom is 0.220 e. The minimum Gasteiger partial charge on any atom is -0.355 e. The molecule has 1 aliphatic rings. The van der Waals surface area contributed by atoms with Gasteiger partial charge in [0.25, 0.3) is 0 Å². The van der Waals surface area contributed by atoms with Gasteiger partial charge in [-0.3, -0.25) is 4.79 Å². The Hall–Kier alpha value is -0.570. The smallest absolute Gasteiger partial charge is 0.220 e. The zero-order valence-electron chi connectivity index (χ0n) is 12.7. The molecule has 3 nitrogen and oxygen atoms in total. The van der Waals surface area contributed by atoms with Gasteiger partial charge in [-0.25, -0.2) is 0 Å². The molecule has 18 heavy (non-hydrogen) atoms. The molecule has 3 heteroatoms. The summed E-state index contributed by atoms with van der Waals surface area (Å²) in [5.41, 5.74) is 0.523. The summed E-state index contributed by atoms with van der Waals surface area (Å²) in [6, 6.07) is 0.407. The summed E-state index contributed by atoms with van der Waals surface area (Å²) in [5.74, 6) is 0.188. The second-order valence-corrected chi connectivity index (χ2v) is 7.46. The molecule has 0 aromatic carbocycles. The van der Waals surface area contributed by atoms with Crippen molar-refractivity contribution in [2.24, 2.45) is 10.8 Å². The lowest BCUT2D eigenvalue weighted by Gasteiger charge is -2.39. The first-order chi connectivity index (χ1) is 8.21. The number of hydrogen-bond acceptors (Lipinski definition) is 2. The first kappa shape index (κ1) is 15.5. The Labute approximate surface area is 112 Å². The Kier molecular flexibility index (Phi) is 5.20. The first-order valence-corrected chi connectivity index (χ1v) is 7.21. The van der Waals surface area contributed by atoms with Crippen LogP contribution in [-0.4, -0.2) is 25.0 Å². The van der Waals surface area contributed by atoms with Crippen molar-refractivity contribution in [2.45, 2.75) is 66.3 Å². The van der Waals surface area contributed by atoms with Crippen LogP contribution < -0.4 is 10.6 Å². The molecule has 106 valence electrons. The molecule has 1 rings (SSSR count). The lowest BCUT2D eigenvalue weighted by atomic mass is 9.77. The van der Waals surface area contributed by atoms with Crippen molar-refractivity contribution in [1.82, 2.24) is 10.6 Å². The molecular weight excluding hydrogens is 224 g/mol. The van der Waals surface area contributed by atoms with E-state index in [0.29, 0.717) is 12.5 Å². The molecule has 0 saturated carbocycles. The van der Waals surface area contributed by atoms with Crippen LogP contribution in [0.4, 0.5) is 0 Å². The predicted molar refractivity (Wildman–Crippen MR) is 76.5 cm³/mol. The summed E-state index contributed by atoms with van der Waals surface area (Å²) in [5, 5.41) is 6.60. The Balaban J connectivity index is 2.29. The Morgan fingerprint density at radius 1 is 1.39 bits per heavy atom. The highest BCUT2D eigenvalue weighted by atomic mass is 16.1. The number of hydrogen-bond donors (Lipinski definition) is 2. The minimum atomic E-state index is 0.188. The van der Waals surface area contributed by atoms with Crippen molar-refractivity contribution in [3.05, 3.63) is 0 Å². The monoisotopic (exact) mass is 254 g/mol. The van der Waals surface area contributed by atoms with Crippen molar-refractivity contribution < 1.29 is 4.79 Å². The van der Waals surface area contributed by atoms with E-state index in [1.54, 1.807) is 0 Å². The lowest BCUT2D eigenvalue weighted by molar-refractivity contribution is -0.121. The molecule has 1 fully saturated rings. The van der Waals surface area contributed by atoms with Gasteiger partial charge in [0.05, 0.1) is 0 Å². The van der Waals surface area contributed by atoms with Crippen molar-refractivity contribution >= 4 is 5.91 Å². The molecule has 1 saturated heterocycles. The number of carbonyl (C=O) groups excluding carboxylic acids is 1. The van der Waals surface area contributed by atoms with Crippen LogP contribution in [0.2, 0.25) is 0 Å². The number of rotatable bonds is 4. The van der Waals surface area contributed by atoms with Gasteiger partial charge in [0.15, 0.2) is 0 Å². The Bertz CT molecular complexity index is 279. The third-order valence-electron chi connectivity index (χ3n) is 3.94. The predicted octanol–water partition coefficient (Wildman–Crippen LogP) is 2.71. The van der Waals surface area contributed by atoms with Crippen LogP contribution in [0, 0.1) is 10.8 Å². The molecule has 0 radical (unpaired) electrons. The first-order valence-electron chi connectivity index (χ1n) is 7.21. The molecular formula is C15H30N2O. The molecule has 2 N–H and O–H groups in total. The maximum absolute atomic E-state index is 11.8. The van der Waals surface area contributed by atoms with Gasteiger partial charge in [-0.15, -0.1) is 0 Å². The zero-order valence-corrected chi connectivity index (χ0v) is 12.7. The highest BCUT2D eigenvalue weighted by Gasteiger charge is 2.31. The largest absolute Gasteiger partial charge is 0.355 e. The van der Waals surface area contributed by atoms with Crippen LogP contribution in [0.1, 0.15) is 60.3 Å². The number of nitrogens with one attached hydrogen (secondary N) is 2. The third-order valence-corrected chi connectivity index (χ3v) is 3.94. The SMILES string of the molecule is CC(C)(C)CCC(=O)NCC1NCCCC1(C)C. The van der Waals surface area contributed by atoms with Gasteiger partial charge in [-0.05, 0) is 36.6 Å². The van der Waals surface area contributed by atoms with Crippen molar-refractivity contribution in [3.8, 4) is 0 Å². The highest BCUT2D eigenvalue weighted by Crippen LogP contribution is 2.29. The van der Waals surface area contributed by atoms with E-state index >= 15 is 0 Å². The van der Waals surface area contributed by atoms with E-state index in [9.17, 15) is 4.79 Å². The summed E-state index contributed by atoms with van der Waals surface area (Å²) in [7, 11) is 0. The van der Waals surface area contributed by atoms with Gasteiger partial charge < -0.3 is 10.6 Å². The summed E-state index contributed by atoms with van der Waals surface area (Å²) >= 11 is 0. The van der Waals surface area contributed by atoms with E-state index in [4.69, 9.17) is 0 Å². The van der Waals surface area contributed by atoms with Crippen LogP contribution in [0.15, 0.2) is 0 Å². The molecule has 1 heterocycles. The van der Waals surface area contributed by atoms with Gasteiger partial charge in [-0.1, -0.05) is 34.6 Å². The standard InChI is InChI=1S/C15H30N2O/c1-14(2,3)9-7-13(18)17-11-12-15(4,5)8-6-10-16-12/h12,16H,6-11H2,1-5H3,(H,17,18). The molecule has 1 amide bonds. The Morgan fingerprint density at radius 2 is 2.06 bits per heavy atom. The van der Waals surface area contributed by atoms with E-state index in [1.807, 2.05) is 0 Å². The summed E-state index contributed by atoms with van der Waals surface area (Å²) in [6.07, 6.45) is 4.06. The minimum absolute atomic E-state index is 0.188. The normalized spacial score (nSPS) is 23.7. The summed E-state index contributed by atoms with van der Waals surface area (Å²) in [6.45, 7) is 12.9. The van der Waals surface area contributed by atoms with Crippen molar-refractivity contribution in [3.63, 3.8) is 0 Å². The third kappa shape index (κ3) is 5.38. The van der Waals surface area contributed by atoms with Crippen LogP contribution in [0.3, 0.4) is 0 Å². The van der Waals surface area contributed by atoms with Gasteiger partial charge in [0, 0.05) is 19.0 Å². The van der Waals surface area contributed by atoms with Crippen molar-refractivity contribution in [2.75, 3.05) is 13.1 Å². The maximum atomic E-state index is 11.8. The Morgan fingerprint density at radius 3 is 2.61 bits per heavy atom. The molecule has 0 aromatic heterocycles. The fourth-order valence-corrected chi connectivity index (χ4v) is 2.41. The molecule has 1 unspecified atom stereocenters. The molecule has 0 bridgehead atoms. The quantitative estimate of drug-likeness (QED) is 0.810. The second-order valence-electron chi connectivity index (χ2n) is 7.46. The van der Waals surface area contributed by atoms with E-state index < -0.39 is 0 Å². The van der Waals surface area contributed by atoms with Gasteiger partial charge in [0.1, 0.15) is 0 Å². The lowest BCUT2D eigenvalue weighted by Crippen LogP contribution is -2.52. The van der Waals surface area contributed by atoms with Gasteiger partial charge in [-0.2, -0.15) is 0 Å². The van der Waals surface area contributed by atoms with E-state index in [2.05, 4.69) is 45.3 Å². The van der Waals surface area contributed by atoms with Gasteiger partial charge >= 0.3 is 0 Å². The fourth-order valence-electron chi connectivity index (χ4n) is 2.41. The van der Waals surface area contributed by atoms with Crippen LogP contribution in [-0.2, 0) is 4.79 Å². The molecule has 0 aromatic rings. The topological polar surface area (TPSA) is 41.1 Å². The van der Waals surface area contributed by atoms with E-state index in [-0.39, 0.29) is 16.7 Å². The number of amides is 1.